The van der Waals surface area contributed by atoms with Gasteiger partial charge >= 0.3 is 0 Å². The number of nitrogens with one attached hydrogen (secondary N) is 2. The highest BCUT2D eigenvalue weighted by Gasteiger charge is 2.15. The van der Waals surface area contributed by atoms with Gasteiger partial charge in [-0.1, -0.05) is 5.16 Å². The Morgan fingerprint density at radius 1 is 1.06 bits per heavy atom. The van der Waals surface area contributed by atoms with Crippen molar-refractivity contribution in [2.75, 3.05) is 12.4 Å². The van der Waals surface area contributed by atoms with E-state index in [-0.39, 0.29) is 18.3 Å². The number of H-pyrrole nitrogens is 1. The molecule has 1 amide bonds. The van der Waals surface area contributed by atoms with E-state index in [9.17, 15) is 9.18 Å². The third kappa shape index (κ3) is 4.63. The molecule has 8 nitrogen and oxygen atoms in total. The number of aryl methyl sites for hydroxylation is 2. The van der Waals surface area contributed by atoms with Gasteiger partial charge in [0, 0.05) is 16.8 Å². The number of carbonyl (C=O) groups excluding carboxylic acids is 1. The minimum Gasteiger partial charge on any atom is -0.493 e. The molecule has 2 aromatic heterocycles. The monoisotopic (exact) mass is 486 g/mol. The first-order chi connectivity index (χ1) is 17.4. The number of nitrogens with zero attached hydrogens (tertiary/aromatic N) is 2. The van der Waals surface area contributed by atoms with Crippen LogP contribution in [0, 0.1) is 19.7 Å². The van der Waals surface area contributed by atoms with Crippen LogP contribution in [-0.2, 0) is 6.61 Å². The summed E-state index contributed by atoms with van der Waals surface area (Å²) in [6, 6.07) is 16.4. The van der Waals surface area contributed by atoms with E-state index in [0.717, 1.165) is 27.9 Å². The molecule has 0 aliphatic carbocycles. The summed E-state index contributed by atoms with van der Waals surface area (Å²) < 4.78 is 29.7. The molecule has 0 spiro atoms. The second kappa shape index (κ2) is 9.53. The molecule has 182 valence electrons. The van der Waals surface area contributed by atoms with Crippen molar-refractivity contribution in [1.29, 1.82) is 0 Å². The smallest absolute Gasteiger partial charge is 0.255 e. The van der Waals surface area contributed by atoms with E-state index < -0.39 is 0 Å². The normalized spacial score (nSPS) is 11.0. The molecule has 9 heteroatoms. The standard InChI is InChI=1S/C27H23FN4O4/c1-15-21(16(2)36-32-15)14-35-24-11-6-18(12-25(24)34-3)27(33)29-20-9-10-22-23(13-20)31-26(30-22)17-4-7-19(28)8-5-17/h4-13H,14H2,1-3H3,(H,29,33)(H,30,31). The van der Waals surface area contributed by atoms with Gasteiger partial charge in [0.15, 0.2) is 11.5 Å². The number of carbonyl (C=O) groups is 1. The number of ether oxygens (including phenoxy) is 2. The van der Waals surface area contributed by atoms with E-state index in [1.54, 1.807) is 48.5 Å². The Balaban J connectivity index is 1.31. The minimum absolute atomic E-state index is 0.271. The number of rotatable bonds is 7. The molecule has 0 atom stereocenters. The van der Waals surface area contributed by atoms with Crippen LogP contribution in [0.3, 0.4) is 0 Å². The first-order valence-corrected chi connectivity index (χ1v) is 11.2. The van der Waals surface area contributed by atoms with Crippen molar-refractivity contribution in [3.05, 3.63) is 89.1 Å². The molecule has 36 heavy (non-hydrogen) atoms. The van der Waals surface area contributed by atoms with Crippen LogP contribution in [0.1, 0.15) is 27.4 Å². The van der Waals surface area contributed by atoms with Crippen molar-refractivity contribution in [3.63, 3.8) is 0 Å². The molecule has 0 fully saturated rings. The number of imidazole rings is 1. The lowest BCUT2D eigenvalue weighted by Crippen LogP contribution is -2.12. The Bertz CT molecular complexity index is 1540. The van der Waals surface area contributed by atoms with Crippen LogP contribution in [0.4, 0.5) is 10.1 Å². The predicted molar refractivity (Wildman–Crippen MR) is 133 cm³/mol. The molecule has 0 aliphatic heterocycles. The van der Waals surface area contributed by atoms with Crippen LogP contribution < -0.4 is 14.8 Å². The topological polar surface area (TPSA) is 102 Å². The zero-order valence-corrected chi connectivity index (χ0v) is 19.9. The van der Waals surface area contributed by atoms with Crippen LogP contribution in [0.15, 0.2) is 65.2 Å². The molecular weight excluding hydrogens is 463 g/mol. The molecule has 2 N–H and O–H groups in total. The van der Waals surface area contributed by atoms with Crippen LogP contribution >= 0.6 is 0 Å². The quantitative estimate of drug-likeness (QED) is 0.301. The third-order valence-electron chi connectivity index (χ3n) is 5.84. The average Bonchev–Trinajstić information content (AvgIpc) is 3.45. The number of hydrogen-bond donors (Lipinski definition) is 2. The first-order valence-electron chi connectivity index (χ1n) is 11.2. The summed E-state index contributed by atoms with van der Waals surface area (Å²) in [7, 11) is 1.52. The van der Waals surface area contributed by atoms with Gasteiger partial charge < -0.3 is 24.3 Å². The molecule has 5 aromatic rings. The molecule has 0 unspecified atom stereocenters. The van der Waals surface area contributed by atoms with Gasteiger partial charge in [0.25, 0.3) is 5.91 Å². The lowest BCUT2D eigenvalue weighted by Gasteiger charge is -2.12. The Hall–Kier alpha value is -4.66. The zero-order valence-electron chi connectivity index (χ0n) is 19.9. The van der Waals surface area contributed by atoms with Gasteiger partial charge in [-0.05, 0) is 74.5 Å². The molecule has 0 saturated heterocycles. The summed E-state index contributed by atoms with van der Waals surface area (Å²) in [5.41, 5.74) is 4.88. The molecule has 0 radical (unpaired) electrons. The largest absolute Gasteiger partial charge is 0.493 e. The maximum atomic E-state index is 13.2. The Labute approximate surface area is 206 Å². The van der Waals surface area contributed by atoms with E-state index in [0.29, 0.717) is 34.3 Å². The van der Waals surface area contributed by atoms with Gasteiger partial charge in [-0.3, -0.25) is 4.79 Å². The third-order valence-corrected chi connectivity index (χ3v) is 5.84. The van der Waals surface area contributed by atoms with E-state index in [4.69, 9.17) is 14.0 Å². The molecule has 0 saturated carbocycles. The fourth-order valence-corrected chi connectivity index (χ4v) is 3.82. The summed E-state index contributed by atoms with van der Waals surface area (Å²) in [6.45, 7) is 3.95. The van der Waals surface area contributed by atoms with Crippen molar-refractivity contribution in [2.45, 2.75) is 20.5 Å². The molecule has 0 bridgehead atoms. The van der Waals surface area contributed by atoms with Crippen molar-refractivity contribution in [2.24, 2.45) is 0 Å². The maximum Gasteiger partial charge on any atom is 0.255 e. The summed E-state index contributed by atoms with van der Waals surface area (Å²) in [5, 5.41) is 6.82. The van der Waals surface area contributed by atoms with Crippen LogP contribution in [0.25, 0.3) is 22.4 Å². The number of amides is 1. The van der Waals surface area contributed by atoms with E-state index in [2.05, 4.69) is 20.4 Å². The lowest BCUT2D eigenvalue weighted by molar-refractivity contribution is 0.102. The zero-order chi connectivity index (χ0) is 25.2. The summed E-state index contributed by atoms with van der Waals surface area (Å²) in [6.07, 6.45) is 0. The average molecular weight is 487 g/mol. The summed E-state index contributed by atoms with van der Waals surface area (Å²) >= 11 is 0. The number of halogens is 1. The molecule has 3 aromatic carbocycles. The van der Waals surface area contributed by atoms with E-state index in [1.807, 2.05) is 13.8 Å². The Morgan fingerprint density at radius 3 is 2.58 bits per heavy atom. The second-order valence-corrected chi connectivity index (χ2v) is 8.24. The highest BCUT2D eigenvalue weighted by atomic mass is 19.1. The second-order valence-electron chi connectivity index (χ2n) is 8.24. The molecular formula is C27H23FN4O4. The molecule has 0 aliphatic rings. The van der Waals surface area contributed by atoms with Crippen molar-refractivity contribution in [3.8, 4) is 22.9 Å². The minimum atomic E-state index is -0.309. The van der Waals surface area contributed by atoms with E-state index in [1.165, 1.54) is 19.2 Å². The number of aromatic nitrogens is 3. The number of hydrogen-bond acceptors (Lipinski definition) is 6. The van der Waals surface area contributed by atoms with E-state index >= 15 is 0 Å². The van der Waals surface area contributed by atoms with Gasteiger partial charge in [-0.25, -0.2) is 9.37 Å². The highest BCUT2D eigenvalue weighted by Crippen LogP contribution is 2.30. The van der Waals surface area contributed by atoms with Gasteiger partial charge in [0.1, 0.15) is 24.0 Å². The van der Waals surface area contributed by atoms with Crippen molar-refractivity contribution >= 4 is 22.6 Å². The van der Waals surface area contributed by atoms with Gasteiger partial charge in [0.05, 0.1) is 29.4 Å². The highest BCUT2D eigenvalue weighted by molar-refractivity contribution is 6.05. The van der Waals surface area contributed by atoms with Crippen LogP contribution in [0.5, 0.6) is 11.5 Å². The maximum absolute atomic E-state index is 13.2. The summed E-state index contributed by atoms with van der Waals surface area (Å²) in [4.78, 5) is 20.7. The SMILES string of the molecule is COc1cc(C(=O)Nc2ccc3nc(-c4ccc(F)cc4)[nH]c3c2)ccc1OCc1c(C)noc1C. The number of aromatic amines is 1. The number of fused-ring (bicyclic) bond motifs is 1. The van der Waals surface area contributed by atoms with Gasteiger partial charge in [-0.2, -0.15) is 0 Å². The van der Waals surface area contributed by atoms with Crippen molar-refractivity contribution in [1.82, 2.24) is 15.1 Å². The first kappa shape index (κ1) is 23.1. The number of anilines is 1. The van der Waals surface area contributed by atoms with Crippen molar-refractivity contribution < 1.29 is 23.2 Å². The molecule has 2 heterocycles. The fraction of sp³-hybridized carbons (Fsp3) is 0.148. The Kier molecular flexibility index (Phi) is 6.12. The fourth-order valence-electron chi connectivity index (χ4n) is 3.82. The summed E-state index contributed by atoms with van der Waals surface area (Å²) in [5.74, 6) is 1.63. The van der Waals surface area contributed by atoms with Crippen LogP contribution in [0.2, 0.25) is 0 Å². The Morgan fingerprint density at radius 2 is 1.86 bits per heavy atom. The molecule has 5 rings (SSSR count). The number of benzene rings is 3. The van der Waals surface area contributed by atoms with Gasteiger partial charge in [0.2, 0.25) is 0 Å². The lowest BCUT2D eigenvalue weighted by atomic mass is 10.1. The predicted octanol–water partition coefficient (Wildman–Crippen LogP) is 5.81. The number of methoxy groups -OCH3 is 1. The van der Waals surface area contributed by atoms with Gasteiger partial charge in [-0.15, -0.1) is 0 Å². The van der Waals surface area contributed by atoms with Crippen LogP contribution in [-0.4, -0.2) is 28.1 Å².